The van der Waals surface area contributed by atoms with Crippen LogP contribution in [0, 0.1) is 0 Å². The monoisotopic (exact) mass is 396 g/mol. The number of carbonyl (C=O) groups is 1. The number of aromatic nitrogens is 2. The summed E-state index contributed by atoms with van der Waals surface area (Å²) in [5.74, 6) is -1.06. The highest BCUT2D eigenvalue weighted by molar-refractivity contribution is 5.97. The Kier molecular flexibility index (Phi) is 4.96. The van der Waals surface area contributed by atoms with Crippen LogP contribution in [-0.4, -0.2) is 34.7 Å². The van der Waals surface area contributed by atoms with Crippen LogP contribution in [0.4, 0.5) is 13.2 Å². The minimum Gasteiger partial charge on any atom is -0.494 e. The van der Waals surface area contributed by atoms with Crippen molar-refractivity contribution in [2.75, 3.05) is 13.7 Å². The van der Waals surface area contributed by atoms with Crippen LogP contribution in [0.3, 0.4) is 0 Å². The Morgan fingerprint density at radius 3 is 2.57 bits per heavy atom. The van der Waals surface area contributed by atoms with Gasteiger partial charge in [-0.15, -0.1) is 0 Å². The number of primary amides is 1. The number of benzene rings is 1. The van der Waals surface area contributed by atoms with Gasteiger partial charge in [-0.3, -0.25) is 4.79 Å². The van der Waals surface area contributed by atoms with Crippen LogP contribution in [0.5, 0.6) is 5.75 Å². The third-order valence-corrected chi connectivity index (χ3v) is 3.98. The first-order valence-corrected chi connectivity index (χ1v) is 7.89. The van der Waals surface area contributed by atoms with E-state index < -0.39 is 30.4 Å². The summed E-state index contributed by atoms with van der Waals surface area (Å²) in [7, 11) is 1.30. The van der Waals surface area contributed by atoms with Crippen molar-refractivity contribution < 1.29 is 32.2 Å². The molecule has 8 nitrogen and oxygen atoms in total. The second-order valence-corrected chi connectivity index (χ2v) is 5.79. The molecule has 3 aromatic rings. The van der Waals surface area contributed by atoms with Crippen molar-refractivity contribution in [3.8, 4) is 17.2 Å². The Morgan fingerprint density at radius 1 is 1.29 bits per heavy atom. The van der Waals surface area contributed by atoms with Crippen LogP contribution < -0.4 is 16.2 Å². The molecule has 0 saturated heterocycles. The average Bonchev–Trinajstić information content (AvgIpc) is 3.10. The fourth-order valence-corrected chi connectivity index (χ4v) is 2.66. The van der Waals surface area contributed by atoms with Gasteiger partial charge in [0.25, 0.3) is 5.91 Å². The molecule has 0 spiro atoms. The van der Waals surface area contributed by atoms with E-state index in [1.165, 1.54) is 25.3 Å². The van der Waals surface area contributed by atoms with E-state index in [2.05, 4.69) is 9.97 Å². The zero-order chi connectivity index (χ0) is 20.6. The molecule has 0 aliphatic carbocycles. The molecular weight excluding hydrogens is 381 g/mol. The van der Waals surface area contributed by atoms with Crippen molar-refractivity contribution in [3.05, 3.63) is 41.4 Å². The van der Waals surface area contributed by atoms with Gasteiger partial charge in [-0.2, -0.15) is 13.2 Å². The molecule has 2 aromatic heterocycles. The second-order valence-electron chi connectivity index (χ2n) is 5.79. The van der Waals surface area contributed by atoms with Crippen LogP contribution in [0.25, 0.3) is 22.4 Å². The molecule has 11 heteroatoms. The molecule has 0 unspecified atom stereocenters. The number of alkyl halides is 3. The highest BCUT2D eigenvalue weighted by Gasteiger charge is 2.33. The zero-order valence-corrected chi connectivity index (χ0v) is 14.4. The number of hydrogen-bond donors (Lipinski definition) is 3. The van der Waals surface area contributed by atoms with Crippen LogP contribution >= 0.6 is 0 Å². The van der Waals surface area contributed by atoms with Gasteiger partial charge in [-0.1, -0.05) is 0 Å². The molecule has 1 amide bonds. The molecule has 0 bridgehead atoms. The lowest BCUT2D eigenvalue weighted by atomic mass is 10.1. The van der Waals surface area contributed by atoms with Gasteiger partial charge >= 0.3 is 6.18 Å². The van der Waals surface area contributed by atoms with Crippen molar-refractivity contribution in [2.24, 2.45) is 11.5 Å². The van der Waals surface area contributed by atoms with E-state index in [9.17, 15) is 23.1 Å². The summed E-state index contributed by atoms with van der Waals surface area (Å²) in [5.41, 5.74) is 9.78. The highest BCUT2D eigenvalue weighted by Crippen LogP contribution is 2.37. The lowest BCUT2D eigenvalue weighted by molar-refractivity contribution is -0.140. The molecule has 2 heterocycles. The number of pyridine rings is 1. The summed E-state index contributed by atoms with van der Waals surface area (Å²) in [5, 5.41) is 9.47. The van der Waals surface area contributed by atoms with Crippen LogP contribution in [0.1, 0.15) is 28.0 Å². The maximum Gasteiger partial charge on any atom is 0.433 e. The summed E-state index contributed by atoms with van der Waals surface area (Å²) in [6.45, 7) is -0.533. The van der Waals surface area contributed by atoms with Crippen molar-refractivity contribution >= 4 is 16.8 Å². The Balaban J connectivity index is 2.26. The Bertz CT molecular complexity index is 1050. The van der Waals surface area contributed by atoms with Crippen molar-refractivity contribution in [1.29, 1.82) is 0 Å². The van der Waals surface area contributed by atoms with E-state index in [0.29, 0.717) is 0 Å². The molecule has 1 aromatic carbocycles. The summed E-state index contributed by atoms with van der Waals surface area (Å²) in [6, 6.07) is 3.83. The van der Waals surface area contributed by atoms with Gasteiger partial charge in [-0.05, 0) is 24.3 Å². The van der Waals surface area contributed by atoms with Gasteiger partial charge in [0.2, 0.25) is 5.89 Å². The number of amides is 1. The van der Waals surface area contributed by atoms with Gasteiger partial charge < -0.3 is 25.7 Å². The van der Waals surface area contributed by atoms with Gasteiger partial charge in [0.1, 0.15) is 17.0 Å². The first-order valence-electron chi connectivity index (χ1n) is 7.89. The summed E-state index contributed by atoms with van der Waals surface area (Å²) in [6.07, 6.45) is -4.64. The smallest absolute Gasteiger partial charge is 0.433 e. The fourth-order valence-electron chi connectivity index (χ4n) is 2.66. The summed E-state index contributed by atoms with van der Waals surface area (Å²) < 4.78 is 49.7. The molecule has 0 fully saturated rings. The number of aliphatic hydroxyl groups excluding tert-OH is 1. The number of rotatable bonds is 5. The molecule has 0 radical (unpaired) electrons. The predicted octanol–water partition coefficient (Wildman–Crippen LogP) is 2.01. The van der Waals surface area contributed by atoms with E-state index in [0.717, 1.165) is 6.07 Å². The third-order valence-electron chi connectivity index (χ3n) is 3.98. The standard InChI is InChI=1S/C17H15F3N4O4/c1-27-10-4-2-8(7-3-5-11(17(18,19)20)23-12(7)10)16-24-13(15(22)26)14(28-16)9(21)6-25/h2-5,9,25H,6,21H2,1H3,(H2,22,26)/t9-/m0/s1. The zero-order valence-electron chi connectivity index (χ0n) is 14.4. The number of hydrogen-bond acceptors (Lipinski definition) is 7. The maximum absolute atomic E-state index is 13.0. The molecule has 148 valence electrons. The number of nitrogens with two attached hydrogens (primary N) is 2. The largest absolute Gasteiger partial charge is 0.494 e. The number of carbonyl (C=O) groups excluding carboxylic acids is 1. The van der Waals surface area contributed by atoms with E-state index in [1.54, 1.807) is 0 Å². The quantitative estimate of drug-likeness (QED) is 0.600. The summed E-state index contributed by atoms with van der Waals surface area (Å²) >= 11 is 0. The Morgan fingerprint density at radius 2 is 2.00 bits per heavy atom. The van der Waals surface area contributed by atoms with Gasteiger partial charge in [0, 0.05) is 10.9 Å². The number of methoxy groups -OCH3 is 1. The van der Waals surface area contributed by atoms with E-state index in [-0.39, 0.29) is 39.6 Å². The second kappa shape index (κ2) is 7.09. The van der Waals surface area contributed by atoms with Crippen LogP contribution in [-0.2, 0) is 6.18 Å². The Labute approximate surface area is 155 Å². The van der Waals surface area contributed by atoms with E-state index in [4.69, 9.17) is 20.6 Å². The predicted molar refractivity (Wildman–Crippen MR) is 91.3 cm³/mol. The molecule has 0 aliphatic heterocycles. The van der Waals surface area contributed by atoms with Gasteiger partial charge in [0.05, 0.1) is 19.8 Å². The number of aliphatic hydroxyl groups is 1. The number of halogens is 3. The maximum atomic E-state index is 13.0. The molecule has 1 atom stereocenters. The molecule has 0 aliphatic rings. The molecular formula is C17H15F3N4O4. The Hall–Kier alpha value is -3.18. The van der Waals surface area contributed by atoms with Crippen molar-refractivity contribution in [2.45, 2.75) is 12.2 Å². The van der Waals surface area contributed by atoms with Crippen molar-refractivity contribution in [3.63, 3.8) is 0 Å². The number of ether oxygens (including phenoxy) is 1. The SMILES string of the molecule is COc1ccc(-c2nc(C(N)=O)c([C@@H](N)CO)o2)c2ccc(C(F)(F)F)nc12. The van der Waals surface area contributed by atoms with Gasteiger partial charge in [-0.25, -0.2) is 9.97 Å². The van der Waals surface area contributed by atoms with Crippen LogP contribution in [0.15, 0.2) is 28.7 Å². The fraction of sp³-hybridized carbons (Fsp3) is 0.235. The number of oxazole rings is 1. The van der Waals surface area contributed by atoms with Gasteiger partial charge in [0.15, 0.2) is 11.5 Å². The van der Waals surface area contributed by atoms with Crippen molar-refractivity contribution in [1.82, 2.24) is 9.97 Å². The minimum absolute atomic E-state index is 0.0679. The summed E-state index contributed by atoms with van der Waals surface area (Å²) in [4.78, 5) is 19.3. The molecule has 28 heavy (non-hydrogen) atoms. The first-order chi connectivity index (χ1) is 13.2. The third kappa shape index (κ3) is 3.37. The number of fused-ring (bicyclic) bond motifs is 1. The lowest BCUT2D eigenvalue weighted by Crippen LogP contribution is -2.20. The van der Waals surface area contributed by atoms with E-state index >= 15 is 0 Å². The topological polar surface area (TPSA) is 137 Å². The normalized spacial score (nSPS) is 12.9. The van der Waals surface area contributed by atoms with Crippen LogP contribution in [0.2, 0.25) is 0 Å². The molecule has 0 saturated carbocycles. The minimum atomic E-state index is -4.64. The lowest BCUT2D eigenvalue weighted by Gasteiger charge is -2.11. The molecule has 5 N–H and O–H groups in total. The number of nitrogens with zero attached hydrogens (tertiary/aromatic N) is 2. The van der Waals surface area contributed by atoms with E-state index in [1.807, 2.05) is 0 Å². The average molecular weight is 396 g/mol. The highest BCUT2D eigenvalue weighted by atomic mass is 19.4. The first kappa shape index (κ1) is 19.6. The molecule has 3 rings (SSSR count).